The van der Waals surface area contributed by atoms with E-state index in [9.17, 15) is 0 Å². The van der Waals surface area contributed by atoms with Crippen LogP contribution in [0.3, 0.4) is 0 Å². The minimum Gasteiger partial charge on any atom is -0.379 e. The third-order valence-electron chi connectivity index (χ3n) is 2.28. The van der Waals surface area contributed by atoms with Crippen LogP contribution < -0.4 is 0 Å². The Morgan fingerprint density at radius 2 is 1.25 bits per heavy atom. The summed E-state index contributed by atoms with van der Waals surface area (Å²) in [6, 6.07) is 0. The molecule has 0 saturated carbocycles. The van der Waals surface area contributed by atoms with E-state index in [-0.39, 0.29) is 0 Å². The highest BCUT2D eigenvalue weighted by Gasteiger charge is 1.91. The van der Waals surface area contributed by atoms with E-state index in [0.29, 0.717) is 33.0 Å². The van der Waals surface area contributed by atoms with Crippen LogP contribution in [0.4, 0.5) is 0 Å². The first-order valence-electron chi connectivity index (χ1n) is 6.44. The Bertz CT molecular complexity index is 104. The van der Waals surface area contributed by atoms with Gasteiger partial charge in [-0.3, -0.25) is 0 Å². The molecule has 0 aromatic carbocycles. The molecule has 97 valence electrons. The lowest BCUT2D eigenvalue weighted by molar-refractivity contribution is 0.0185. The zero-order chi connectivity index (χ0) is 11.9. The highest BCUT2D eigenvalue weighted by atomic mass is 16.5. The Hall–Kier alpha value is -0.120. The molecule has 0 rings (SSSR count). The summed E-state index contributed by atoms with van der Waals surface area (Å²) in [6.45, 7) is 9.79. The first-order chi connectivity index (χ1) is 7.91. The maximum absolute atomic E-state index is 5.44. The van der Waals surface area contributed by atoms with Crippen molar-refractivity contribution in [3.63, 3.8) is 0 Å². The molecule has 3 nitrogen and oxygen atoms in total. The third-order valence-corrected chi connectivity index (χ3v) is 2.28. The molecule has 0 aliphatic carbocycles. The molecule has 0 aliphatic rings. The molecule has 0 aliphatic heterocycles. The predicted octanol–water partition coefficient (Wildman–Crippen LogP) is 2.84. The molecule has 0 atom stereocenters. The van der Waals surface area contributed by atoms with E-state index in [0.717, 1.165) is 6.61 Å². The van der Waals surface area contributed by atoms with Crippen molar-refractivity contribution in [3.05, 3.63) is 6.92 Å². The molecule has 0 amide bonds. The van der Waals surface area contributed by atoms with Crippen LogP contribution in [-0.4, -0.2) is 39.6 Å². The van der Waals surface area contributed by atoms with Crippen molar-refractivity contribution in [1.82, 2.24) is 0 Å². The maximum atomic E-state index is 5.44. The lowest BCUT2D eigenvalue weighted by Crippen LogP contribution is -2.09. The minimum atomic E-state index is 0.512. The predicted molar refractivity (Wildman–Crippen MR) is 66.6 cm³/mol. The molecule has 0 saturated heterocycles. The summed E-state index contributed by atoms with van der Waals surface area (Å²) in [4.78, 5) is 0. The fourth-order valence-electron chi connectivity index (χ4n) is 1.35. The summed E-state index contributed by atoms with van der Waals surface area (Å²) in [5.74, 6) is 0. The summed E-state index contributed by atoms with van der Waals surface area (Å²) in [5, 5.41) is 0. The number of unbranched alkanes of at least 4 members (excludes halogenated alkanes) is 4. The quantitative estimate of drug-likeness (QED) is 0.456. The van der Waals surface area contributed by atoms with Crippen LogP contribution in [0.1, 0.15) is 39.0 Å². The Morgan fingerprint density at radius 3 is 1.88 bits per heavy atom. The molecule has 16 heavy (non-hydrogen) atoms. The maximum Gasteiger partial charge on any atom is 0.0701 e. The Balaban J connectivity index is 2.83. The lowest BCUT2D eigenvalue weighted by Gasteiger charge is -2.05. The summed E-state index contributed by atoms with van der Waals surface area (Å²) in [6.07, 6.45) is 6.43. The van der Waals surface area contributed by atoms with Crippen molar-refractivity contribution >= 4 is 0 Å². The van der Waals surface area contributed by atoms with Gasteiger partial charge in [-0.15, -0.1) is 0 Å². The molecule has 1 radical (unpaired) electrons. The second-order valence-corrected chi connectivity index (χ2v) is 3.75. The fraction of sp³-hybridized carbons (Fsp3) is 0.923. The van der Waals surface area contributed by atoms with E-state index in [2.05, 4.69) is 13.8 Å². The second kappa shape index (κ2) is 14.9. The molecule has 0 bridgehead atoms. The molecular formula is C13H27O3. The Kier molecular flexibility index (Phi) is 14.8. The summed E-state index contributed by atoms with van der Waals surface area (Å²) in [7, 11) is 0. The summed E-state index contributed by atoms with van der Waals surface area (Å²) in [5.41, 5.74) is 0. The van der Waals surface area contributed by atoms with Crippen molar-refractivity contribution in [2.24, 2.45) is 0 Å². The van der Waals surface area contributed by atoms with E-state index >= 15 is 0 Å². The number of hydrogen-bond donors (Lipinski definition) is 0. The van der Waals surface area contributed by atoms with Crippen LogP contribution in [0.2, 0.25) is 0 Å². The van der Waals surface area contributed by atoms with Crippen LogP contribution >= 0.6 is 0 Å². The average molecular weight is 231 g/mol. The standard InChI is InChI=1S/C13H27O3/c1-3-5-6-7-8-9-15-12-13-16-11-10-14-4-2/h2-13H2,1H3. The Morgan fingerprint density at radius 1 is 0.688 bits per heavy atom. The fourth-order valence-corrected chi connectivity index (χ4v) is 1.35. The van der Waals surface area contributed by atoms with E-state index in [1.165, 1.54) is 32.1 Å². The van der Waals surface area contributed by atoms with Gasteiger partial charge in [0.25, 0.3) is 0 Å². The summed E-state index contributed by atoms with van der Waals surface area (Å²) < 4.78 is 15.8. The van der Waals surface area contributed by atoms with Crippen molar-refractivity contribution < 1.29 is 14.2 Å². The first-order valence-corrected chi connectivity index (χ1v) is 6.44. The molecule has 0 heterocycles. The van der Waals surface area contributed by atoms with Gasteiger partial charge >= 0.3 is 0 Å². The van der Waals surface area contributed by atoms with E-state index < -0.39 is 0 Å². The van der Waals surface area contributed by atoms with Gasteiger partial charge < -0.3 is 14.2 Å². The number of rotatable bonds is 13. The third kappa shape index (κ3) is 13.9. The average Bonchev–Trinajstić information content (AvgIpc) is 2.31. The van der Waals surface area contributed by atoms with Gasteiger partial charge in [-0.1, -0.05) is 32.6 Å². The first kappa shape index (κ1) is 15.9. The van der Waals surface area contributed by atoms with Crippen molar-refractivity contribution in [3.8, 4) is 0 Å². The van der Waals surface area contributed by atoms with Gasteiger partial charge in [0.2, 0.25) is 0 Å². The molecule has 3 heteroatoms. The van der Waals surface area contributed by atoms with Crippen LogP contribution in [0.25, 0.3) is 0 Å². The SMILES string of the molecule is [CH2]COCCOCCOCCCCCCC. The van der Waals surface area contributed by atoms with Crippen LogP contribution in [0.15, 0.2) is 0 Å². The normalized spacial score (nSPS) is 10.9. The van der Waals surface area contributed by atoms with Crippen molar-refractivity contribution in [1.29, 1.82) is 0 Å². The van der Waals surface area contributed by atoms with E-state index in [1.807, 2.05) is 0 Å². The van der Waals surface area contributed by atoms with Gasteiger partial charge in [-0.2, -0.15) is 0 Å². The van der Waals surface area contributed by atoms with Gasteiger partial charge in [0.1, 0.15) is 0 Å². The molecular weight excluding hydrogens is 204 g/mol. The molecule has 0 aromatic heterocycles. The molecule has 0 spiro atoms. The van der Waals surface area contributed by atoms with Crippen LogP contribution in [0.5, 0.6) is 0 Å². The van der Waals surface area contributed by atoms with Crippen molar-refractivity contribution in [2.45, 2.75) is 39.0 Å². The second-order valence-electron chi connectivity index (χ2n) is 3.75. The molecule has 0 N–H and O–H groups in total. The summed E-state index contributed by atoms with van der Waals surface area (Å²) >= 11 is 0. The van der Waals surface area contributed by atoms with E-state index in [1.54, 1.807) is 0 Å². The molecule has 0 unspecified atom stereocenters. The lowest BCUT2D eigenvalue weighted by atomic mass is 10.2. The minimum absolute atomic E-state index is 0.512. The Labute approximate surface area is 100 Å². The zero-order valence-electron chi connectivity index (χ0n) is 10.7. The number of ether oxygens (including phenoxy) is 3. The van der Waals surface area contributed by atoms with Gasteiger partial charge in [0.05, 0.1) is 26.4 Å². The molecule has 0 aromatic rings. The topological polar surface area (TPSA) is 27.7 Å². The highest BCUT2D eigenvalue weighted by molar-refractivity contribution is 4.41. The van der Waals surface area contributed by atoms with Gasteiger partial charge in [0.15, 0.2) is 0 Å². The smallest absolute Gasteiger partial charge is 0.0701 e. The van der Waals surface area contributed by atoms with Gasteiger partial charge in [0, 0.05) is 13.2 Å². The zero-order valence-corrected chi connectivity index (χ0v) is 10.7. The van der Waals surface area contributed by atoms with Crippen LogP contribution in [0, 0.1) is 6.92 Å². The highest BCUT2D eigenvalue weighted by Crippen LogP contribution is 2.02. The van der Waals surface area contributed by atoms with Gasteiger partial charge in [-0.05, 0) is 13.3 Å². The largest absolute Gasteiger partial charge is 0.379 e. The van der Waals surface area contributed by atoms with Gasteiger partial charge in [-0.25, -0.2) is 0 Å². The monoisotopic (exact) mass is 231 g/mol. The van der Waals surface area contributed by atoms with E-state index in [4.69, 9.17) is 14.2 Å². The van der Waals surface area contributed by atoms with Crippen molar-refractivity contribution in [2.75, 3.05) is 39.6 Å². The molecule has 0 fully saturated rings. The number of hydrogen-bond acceptors (Lipinski definition) is 3. The van der Waals surface area contributed by atoms with Crippen LogP contribution in [-0.2, 0) is 14.2 Å².